The average molecular weight is 1030 g/mol. The van der Waals surface area contributed by atoms with Gasteiger partial charge in [0.15, 0.2) is 0 Å². The Balaban J connectivity index is 2.02. The first-order chi connectivity index (χ1) is 35.3. The molecule has 2 saturated carbocycles. The second-order valence-electron chi connectivity index (χ2n) is 26.1. The minimum atomic E-state index is 0.0412. The summed E-state index contributed by atoms with van der Waals surface area (Å²) in [4.78, 5) is 29.1. The van der Waals surface area contributed by atoms with Crippen LogP contribution in [0.1, 0.15) is 330 Å². The van der Waals surface area contributed by atoms with Gasteiger partial charge < -0.3 is 19.1 Å². The van der Waals surface area contributed by atoms with Gasteiger partial charge in [0.1, 0.15) is 5.76 Å². The molecule has 2 bridgehead atoms. The average Bonchev–Trinajstić information content (AvgIpc) is 3.33. The Morgan fingerprint density at radius 3 is 1.11 bits per heavy atom. The molecule has 6 nitrogen and oxygen atoms in total. The molecule has 0 saturated heterocycles. The maximum Gasteiger partial charge on any atom is 0.306 e. The zero-order valence-electron chi connectivity index (χ0n) is 50.6. The van der Waals surface area contributed by atoms with Crippen LogP contribution < -0.4 is 0 Å². The van der Waals surface area contributed by atoms with Crippen molar-refractivity contribution in [3.8, 4) is 0 Å². The van der Waals surface area contributed by atoms with Gasteiger partial charge in [-0.3, -0.25) is 9.59 Å². The summed E-state index contributed by atoms with van der Waals surface area (Å²) in [5.41, 5.74) is 0.762. The maximum absolute atomic E-state index is 13.6. The minimum absolute atomic E-state index is 0.0412. The monoisotopic (exact) mass is 1030 g/mol. The van der Waals surface area contributed by atoms with E-state index in [4.69, 9.17) is 14.2 Å². The predicted molar refractivity (Wildman–Crippen MR) is 315 cm³/mol. The van der Waals surface area contributed by atoms with Gasteiger partial charge in [-0.15, -0.1) is 0 Å². The van der Waals surface area contributed by atoms with Gasteiger partial charge in [0.05, 0.1) is 26.4 Å². The Labute approximate surface area is 456 Å². The number of hydrogen-bond acceptors (Lipinski definition) is 6. The van der Waals surface area contributed by atoms with Crippen LogP contribution in [0.2, 0.25) is 0 Å². The molecular formula is C67H127NO5. The standard InChI is InChI=1S/C67H127NO5/c1-10-14-18-22-26-30-34-41-60(42-35-31-27-23-19-15-11-2)51-63(69)72-49-39-46-66(7)54-62-53-65(6,45-38-48-71-59(5)56-68(8)9)57-67(55-62,58-66)47-40-50-73-64(70)52-61(43-36-32-28-24-20-16-12-3)44-37-33-29-25-21-17-13-4/h60-62H,5,10-58H2,1-4,6-9H3. The molecule has 0 radical (unpaired) electrons. The van der Waals surface area contributed by atoms with E-state index in [0.717, 1.165) is 51.0 Å². The minimum Gasteiger partial charge on any atom is -0.497 e. The number of hydrogen-bond donors (Lipinski definition) is 0. The van der Waals surface area contributed by atoms with E-state index in [-0.39, 0.29) is 28.2 Å². The highest BCUT2D eigenvalue weighted by atomic mass is 16.5. The fourth-order valence-electron chi connectivity index (χ4n) is 14.3. The zero-order chi connectivity index (χ0) is 53.3. The molecule has 2 fully saturated rings. The van der Waals surface area contributed by atoms with Crippen molar-refractivity contribution >= 4 is 11.9 Å². The van der Waals surface area contributed by atoms with Crippen molar-refractivity contribution in [3.05, 3.63) is 12.3 Å². The summed E-state index contributed by atoms with van der Waals surface area (Å²) in [6.45, 7) is 21.1. The number of likely N-dealkylation sites (N-methyl/N-ethyl adjacent to an activating group) is 1. The van der Waals surface area contributed by atoms with Gasteiger partial charge >= 0.3 is 11.9 Å². The Hall–Kier alpha value is -1.56. The van der Waals surface area contributed by atoms with Crippen molar-refractivity contribution in [1.82, 2.24) is 4.90 Å². The number of carbonyl (C=O) groups excluding carboxylic acids is 2. The highest BCUT2D eigenvalue weighted by Crippen LogP contribution is 2.64. The van der Waals surface area contributed by atoms with Gasteiger partial charge in [0.2, 0.25) is 0 Å². The van der Waals surface area contributed by atoms with Crippen molar-refractivity contribution in [2.24, 2.45) is 34.0 Å². The number of fused-ring (bicyclic) bond motifs is 2. The SMILES string of the molecule is C=C(CN(C)C)OCCCC1(C)CC2CC(C)(CCCOC(=O)CC(CCCCCCCCC)CCCCCCCCC)CC(CCCOC(=O)CC(CCCCCCCCC)CCCCCCCCC)(C2)C1. The molecule has 430 valence electrons. The lowest BCUT2D eigenvalue weighted by molar-refractivity contribution is -0.146. The number of unbranched alkanes of at least 4 members (excludes halogenated alkanes) is 24. The summed E-state index contributed by atoms with van der Waals surface area (Å²) < 4.78 is 18.4. The molecule has 0 spiro atoms. The summed E-state index contributed by atoms with van der Waals surface area (Å²) in [5, 5.41) is 0. The molecule has 0 N–H and O–H groups in total. The summed E-state index contributed by atoms with van der Waals surface area (Å²) in [6, 6.07) is 0. The van der Waals surface area contributed by atoms with Crippen LogP contribution in [0.4, 0.5) is 0 Å². The van der Waals surface area contributed by atoms with Crippen molar-refractivity contribution in [2.45, 2.75) is 330 Å². The summed E-state index contributed by atoms with van der Waals surface area (Å²) in [5.74, 6) is 2.57. The second-order valence-corrected chi connectivity index (χ2v) is 26.1. The van der Waals surface area contributed by atoms with Gasteiger partial charge in [0.25, 0.3) is 0 Å². The van der Waals surface area contributed by atoms with E-state index in [0.29, 0.717) is 43.8 Å². The molecule has 73 heavy (non-hydrogen) atoms. The van der Waals surface area contributed by atoms with Crippen LogP contribution in [0.3, 0.4) is 0 Å². The van der Waals surface area contributed by atoms with Crippen LogP contribution in [0.25, 0.3) is 0 Å². The van der Waals surface area contributed by atoms with Gasteiger partial charge in [0, 0.05) is 12.8 Å². The topological polar surface area (TPSA) is 65.1 Å². The normalized spacial score (nSPS) is 20.8. The predicted octanol–water partition coefficient (Wildman–Crippen LogP) is 20.7. The maximum atomic E-state index is 13.6. The van der Waals surface area contributed by atoms with Crippen LogP contribution in [-0.2, 0) is 23.8 Å². The lowest BCUT2D eigenvalue weighted by Gasteiger charge is -2.58. The van der Waals surface area contributed by atoms with E-state index in [9.17, 15) is 9.59 Å². The molecule has 4 atom stereocenters. The lowest BCUT2D eigenvalue weighted by Crippen LogP contribution is -2.47. The largest absolute Gasteiger partial charge is 0.497 e. The van der Waals surface area contributed by atoms with E-state index in [1.807, 2.05) is 0 Å². The number of carbonyl (C=O) groups is 2. The van der Waals surface area contributed by atoms with Gasteiger partial charge in [-0.25, -0.2) is 0 Å². The number of rotatable bonds is 51. The van der Waals surface area contributed by atoms with Crippen LogP contribution in [0, 0.1) is 34.0 Å². The van der Waals surface area contributed by atoms with Crippen molar-refractivity contribution in [1.29, 1.82) is 0 Å². The molecule has 4 unspecified atom stereocenters. The van der Waals surface area contributed by atoms with E-state index in [1.54, 1.807) is 0 Å². The highest BCUT2D eigenvalue weighted by molar-refractivity contribution is 5.70. The zero-order valence-corrected chi connectivity index (χ0v) is 50.6. The van der Waals surface area contributed by atoms with Gasteiger partial charge in [-0.1, -0.05) is 228 Å². The first-order valence-electron chi connectivity index (χ1n) is 32.5. The van der Waals surface area contributed by atoms with E-state index in [2.05, 4.69) is 67.1 Å². The smallest absolute Gasteiger partial charge is 0.306 e. The highest BCUT2D eigenvalue weighted by Gasteiger charge is 2.52. The van der Waals surface area contributed by atoms with Crippen molar-refractivity contribution in [3.63, 3.8) is 0 Å². The van der Waals surface area contributed by atoms with Crippen LogP contribution in [0.15, 0.2) is 12.3 Å². The molecule has 2 aliphatic rings. The van der Waals surface area contributed by atoms with Crippen LogP contribution in [0.5, 0.6) is 0 Å². The molecule has 0 aromatic rings. The molecule has 2 rings (SSSR count). The van der Waals surface area contributed by atoms with Crippen LogP contribution in [-0.4, -0.2) is 57.3 Å². The molecule has 2 aliphatic carbocycles. The first-order valence-corrected chi connectivity index (χ1v) is 32.5. The summed E-state index contributed by atoms with van der Waals surface area (Å²) in [7, 11) is 4.13. The lowest BCUT2D eigenvalue weighted by atomic mass is 9.47. The van der Waals surface area contributed by atoms with E-state index < -0.39 is 0 Å². The Morgan fingerprint density at radius 1 is 0.452 bits per heavy atom. The first kappa shape index (κ1) is 67.5. The Bertz CT molecular complexity index is 1310. The number of esters is 2. The molecule has 0 heterocycles. The third-order valence-electron chi connectivity index (χ3n) is 17.7. The third-order valence-corrected chi connectivity index (χ3v) is 17.7. The van der Waals surface area contributed by atoms with Crippen molar-refractivity contribution in [2.75, 3.05) is 40.5 Å². The fraction of sp³-hybridized carbons (Fsp3) is 0.940. The molecule has 0 aliphatic heterocycles. The Kier molecular flexibility index (Phi) is 39.3. The van der Waals surface area contributed by atoms with Crippen molar-refractivity contribution < 1.29 is 23.8 Å². The fourth-order valence-corrected chi connectivity index (χ4v) is 14.3. The molecule has 0 amide bonds. The number of nitrogens with zero attached hydrogens (tertiary/aromatic N) is 1. The van der Waals surface area contributed by atoms with Gasteiger partial charge in [-0.2, -0.15) is 0 Å². The number of ether oxygens (including phenoxy) is 3. The van der Waals surface area contributed by atoms with E-state index in [1.165, 1.54) is 244 Å². The van der Waals surface area contributed by atoms with Gasteiger partial charge in [-0.05, 0) is 144 Å². The van der Waals surface area contributed by atoms with Crippen LogP contribution >= 0.6 is 0 Å². The molecule has 0 aromatic carbocycles. The molecule has 6 heteroatoms. The summed E-state index contributed by atoms with van der Waals surface area (Å²) >= 11 is 0. The van der Waals surface area contributed by atoms with E-state index >= 15 is 0 Å². The molecule has 0 aromatic heterocycles. The Morgan fingerprint density at radius 2 is 0.767 bits per heavy atom. The third kappa shape index (κ3) is 34.8. The molecular weight excluding hydrogens is 899 g/mol. The second kappa shape index (κ2) is 42.5. The quantitative estimate of drug-likeness (QED) is 0.0344. The summed E-state index contributed by atoms with van der Waals surface area (Å²) in [6.07, 6.45) is 55.7.